The quantitative estimate of drug-likeness (QED) is 0.659. The van der Waals surface area contributed by atoms with Gasteiger partial charge in [-0.15, -0.1) is 0 Å². The number of carbonyl (C=O) groups is 2. The predicted molar refractivity (Wildman–Crippen MR) is 114 cm³/mol. The van der Waals surface area contributed by atoms with Gasteiger partial charge in [0.2, 0.25) is 0 Å². The van der Waals surface area contributed by atoms with Gasteiger partial charge < -0.3 is 19.7 Å². The Bertz CT molecular complexity index is 829. The smallest absolute Gasteiger partial charge is 0.253 e. The van der Waals surface area contributed by atoms with Crippen LogP contribution in [-0.4, -0.2) is 44.0 Å². The number of methoxy groups -OCH3 is 2. The number of benzene rings is 2. The van der Waals surface area contributed by atoms with Gasteiger partial charge in [-0.2, -0.15) is 0 Å². The predicted octanol–water partition coefficient (Wildman–Crippen LogP) is 3.90. The zero-order valence-corrected chi connectivity index (χ0v) is 17.7. The van der Waals surface area contributed by atoms with E-state index >= 15 is 0 Å². The minimum absolute atomic E-state index is 0.0387. The van der Waals surface area contributed by atoms with Crippen LogP contribution in [0, 0.1) is 0 Å². The minimum Gasteiger partial charge on any atom is -0.493 e. The van der Waals surface area contributed by atoms with Crippen LogP contribution in [-0.2, 0) is 6.54 Å². The summed E-state index contributed by atoms with van der Waals surface area (Å²) in [6.45, 7) is 5.86. The van der Waals surface area contributed by atoms with Crippen LogP contribution in [0.25, 0.3) is 0 Å². The summed E-state index contributed by atoms with van der Waals surface area (Å²) in [4.78, 5) is 27.2. The third kappa shape index (κ3) is 5.98. The van der Waals surface area contributed by atoms with Crippen molar-refractivity contribution in [1.82, 2.24) is 10.2 Å². The van der Waals surface area contributed by atoms with Gasteiger partial charge in [-0.05, 0) is 48.7 Å². The molecule has 0 heterocycles. The van der Waals surface area contributed by atoms with Gasteiger partial charge in [0, 0.05) is 30.8 Å². The molecular formula is C23H30N2O4. The molecule has 2 amide bonds. The van der Waals surface area contributed by atoms with Gasteiger partial charge >= 0.3 is 0 Å². The number of hydrogen-bond acceptors (Lipinski definition) is 4. The van der Waals surface area contributed by atoms with Crippen LogP contribution in [0.15, 0.2) is 42.5 Å². The summed E-state index contributed by atoms with van der Waals surface area (Å²) in [6.07, 6.45) is 1.80. The lowest BCUT2D eigenvalue weighted by atomic mass is 10.1. The van der Waals surface area contributed by atoms with Crippen LogP contribution in [0.2, 0.25) is 0 Å². The van der Waals surface area contributed by atoms with E-state index in [2.05, 4.69) is 5.32 Å². The van der Waals surface area contributed by atoms with Crippen molar-refractivity contribution in [2.75, 3.05) is 27.3 Å². The highest BCUT2D eigenvalue weighted by molar-refractivity contribution is 5.99. The van der Waals surface area contributed by atoms with Crippen LogP contribution >= 0.6 is 0 Å². The number of rotatable bonds is 10. The summed E-state index contributed by atoms with van der Waals surface area (Å²) in [5, 5.41) is 2.89. The molecule has 6 nitrogen and oxygen atoms in total. The normalized spacial score (nSPS) is 10.3. The molecule has 0 spiro atoms. The van der Waals surface area contributed by atoms with Crippen LogP contribution < -0.4 is 14.8 Å². The Morgan fingerprint density at radius 1 is 0.897 bits per heavy atom. The van der Waals surface area contributed by atoms with Crippen LogP contribution in [0.5, 0.6) is 11.5 Å². The van der Waals surface area contributed by atoms with Crippen molar-refractivity contribution < 1.29 is 19.1 Å². The molecule has 29 heavy (non-hydrogen) atoms. The lowest BCUT2D eigenvalue weighted by Gasteiger charge is -2.21. The van der Waals surface area contributed by atoms with Crippen LogP contribution in [0.1, 0.15) is 53.0 Å². The fraction of sp³-hybridized carbons (Fsp3) is 0.391. The molecule has 0 aliphatic rings. The van der Waals surface area contributed by atoms with Crippen LogP contribution in [0.4, 0.5) is 0 Å². The zero-order valence-electron chi connectivity index (χ0n) is 17.7. The van der Waals surface area contributed by atoms with E-state index in [-0.39, 0.29) is 11.8 Å². The van der Waals surface area contributed by atoms with Gasteiger partial charge in [-0.1, -0.05) is 26.0 Å². The number of amides is 2. The largest absolute Gasteiger partial charge is 0.493 e. The average Bonchev–Trinajstić information content (AvgIpc) is 2.76. The molecule has 0 bridgehead atoms. The molecule has 2 aromatic carbocycles. The number of carbonyl (C=O) groups excluding carboxylic acids is 2. The first-order chi connectivity index (χ1) is 14.0. The Morgan fingerprint density at radius 2 is 1.55 bits per heavy atom. The van der Waals surface area contributed by atoms with Crippen LogP contribution in [0.3, 0.4) is 0 Å². The van der Waals surface area contributed by atoms with E-state index in [0.29, 0.717) is 42.3 Å². The maximum atomic E-state index is 12.8. The Labute approximate surface area is 172 Å². The molecule has 6 heteroatoms. The van der Waals surface area contributed by atoms with Gasteiger partial charge in [0.25, 0.3) is 11.8 Å². The van der Waals surface area contributed by atoms with Gasteiger partial charge in [-0.25, -0.2) is 0 Å². The molecule has 0 radical (unpaired) electrons. The zero-order chi connectivity index (χ0) is 21.2. The molecule has 156 valence electrons. The molecule has 0 aromatic heterocycles. The summed E-state index contributed by atoms with van der Waals surface area (Å²) in [5.41, 5.74) is 1.88. The summed E-state index contributed by atoms with van der Waals surface area (Å²) in [6, 6.07) is 12.4. The highest BCUT2D eigenvalue weighted by atomic mass is 16.5. The molecule has 0 fully saturated rings. The number of nitrogens with one attached hydrogen (secondary N) is 1. The maximum absolute atomic E-state index is 12.8. The molecule has 0 saturated carbocycles. The highest BCUT2D eigenvalue weighted by Gasteiger charge is 2.16. The van der Waals surface area contributed by atoms with E-state index < -0.39 is 0 Å². The molecule has 0 unspecified atom stereocenters. The van der Waals surface area contributed by atoms with Gasteiger partial charge in [0.1, 0.15) is 0 Å². The van der Waals surface area contributed by atoms with Crippen molar-refractivity contribution in [2.24, 2.45) is 0 Å². The Hall–Kier alpha value is -3.02. The summed E-state index contributed by atoms with van der Waals surface area (Å²) in [7, 11) is 3.15. The standard InChI is InChI=1S/C23H30N2O4/c1-5-12-25(13-6-2)23(27)19-9-7-8-18(15-19)22(26)24-16-17-10-11-20(28-3)21(14-17)29-4/h7-11,14-15H,5-6,12-13,16H2,1-4H3,(H,24,26). The molecule has 0 aliphatic heterocycles. The molecule has 0 saturated heterocycles. The second kappa shape index (κ2) is 11.1. The average molecular weight is 399 g/mol. The first kappa shape index (κ1) is 22.3. The second-order valence-electron chi connectivity index (χ2n) is 6.75. The third-order valence-corrected chi connectivity index (χ3v) is 4.55. The highest BCUT2D eigenvalue weighted by Crippen LogP contribution is 2.27. The summed E-state index contributed by atoms with van der Waals surface area (Å²) >= 11 is 0. The van der Waals surface area contributed by atoms with E-state index in [0.717, 1.165) is 18.4 Å². The van der Waals surface area contributed by atoms with Crippen molar-refractivity contribution >= 4 is 11.8 Å². The third-order valence-electron chi connectivity index (χ3n) is 4.55. The van der Waals surface area contributed by atoms with E-state index in [4.69, 9.17) is 9.47 Å². The number of ether oxygens (including phenoxy) is 2. The molecule has 2 rings (SSSR count). The molecule has 0 aliphatic carbocycles. The van der Waals surface area contributed by atoms with Crippen molar-refractivity contribution in [3.8, 4) is 11.5 Å². The summed E-state index contributed by atoms with van der Waals surface area (Å²) in [5.74, 6) is 0.978. The van der Waals surface area contributed by atoms with E-state index in [1.54, 1.807) is 44.6 Å². The van der Waals surface area contributed by atoms with Crippen molar-refractivity contribution in [3.63, 3.8) is 0 Å². The maximum Gasteiger partial charge on any atom is 0.253 e. The van der Waals surface area contributed by atoms with E-state index in [9.17, 15) is 9.59 Å². The topological polar surface area (TPSA) is 67.9 Å². The van der Waals surface area contributed by atoms with Crippen molar-refractivity contribution in [3.05, 3.63) is 59.2 Å². The fourth-order valence-electron chi connectivity index (χ4n) is 3.11. The van der Waals surface area contributed by atoms with Gasteiger partial charge in [0.15, 0.2) is 11.5 Å². The van der Waals surface area contributed by atoms with E-state index in [1.165, 1.54) is 0 Å². The Balaban J connectivity index is 2.08. The molecule has 0 atom stereocenters. The molecular weight excluding hydrogens is 368 g/mol. The monoisotopic (exact) mass is 398 g/mol. The minimum atomic E-state index is -0.230. The summed E-state index contributed by atoms with van der Waals surface area (Å²) < 4.78 is 10.5. The Morgan fingerprint density at radius 3 is 2.17 bits per heavy atom. The molecule has 2 aromatic rings. The van der Waals surface area contributed by atoms with Gasteiger partial charge in [-0.3, -0.25) is 9.59 Å². The van der Waals surface area contributed by atoms with Crippen molar-refractivity contribution in [1.29, 1.82) is 0 Å². The lowest BCUT2D eigenvalue weighted by molar-refractivity contribution is 0.0755. The number of hydrogen-bond donors (Lipinski definition) is 1. The second-order valence-corrected chi connectivity index (χ2v) is 6.75. The molecule has 1 N–H and O–H groups in total. The fourth-order valence-corrected chi connectivity index (χ4v) is 3.11. The SMILES string of the molecule is CCCN(CCC)C(=O)c1cccc(C(=O)NCc2ccc(OC)c(OC)c2)c1. The lowest BCUT2D eigenvalue weighted by Crippen LogP contribution is -2.32. The van der Waals surface area contributed by atoms with Gasteiger partial charge in [0.05, 0.1) is 14.2 Å². The number of nitrogens with zero attached hydrogens (tertiary/aromatic N) is 1. The van der Waals surface area contributed by atoms with Crippen molar-refractivity contribution in [2.45, 2.75) is 33.2 Å². The first-order valence-electron chi connectivity index (χ1n) is 9.92. The van der Waals surface area contributed by atoms with E-state index in [1.807, 2.05) is 30.9 Å². The Kier molecular flexibility index (Phi) is 8.52. The first-order valence-corrected chi connectivity index (χ1v) is 9.92.